The maximum atomic E-state index is 12.1. The number of aryl methyl sites for hydroxylation is 1. The highest BCUT2D eigenvalue weighted by molar-refractivity contribution is 6.33. The van der Waals surface area contributed by atoms with Gasteiger partial charge < -0.3 is 10.2 Å². The summed E-state index contributed by atoms with van der Waals surface area (Å²) in [6.07, 6.45) is 0.332. The van der Waals surface area contributed by atoms with Crippen LogP contribution in [0.15, 0.2) is 48.5 Å². The Bertz CT molecular complexity index is 731. The number of benzene rings is 2. The summed E-state index contributed by atoms with van der Waals surface area (Å²) in [7, 11) is 0. The Kier molecular flexibility index (Phi) is 6.38. The Hall–Kier alpha value is -2.33. The van der Waals surface area contributed by atoms with Crippen LogP contribution in [-0.4, -0.2) is 24.9 Å². The average Bonchev–Trinajstić information content (AvgIpc) is 2.54. The molecule has 5 heteroatoms. The smallest absolute Gasteiger partial charge is 0.224 e. The molecule has 0 unspecified atom stereocenters. The lowest BCUT2D eigenvalue weighted by Crippen LogP contribution is -2.38. The van der Waals surface area contributed by atoms with Gasteiger partial charge in [0.05, 0.1) is 17.1 Å². The molecular formula is C19H21ClN2O2. The number of carbonyl (C=O) groups is 2. The van der Waals surface area contributed by atoms with Crippen LogP contribution < -0.4 is 10.2 Å². The van der Waals surface area contributed by atoms with Crippen molar-refractivity contribution in [2.45, 2.75) is 20.3 Å². The SMILES string of the molecule is CC(=O)N(CCNC(=O)Cc1ccccc1C)c1ccccc1Cl. The molecule has 4 nitrogen and oxygen atoms in total. The van der Waals surface area contributed by atoms with E-state index in [0.29, 0.717) is 30.2 Å². The maximum absolute atomic E-state index is 12.1. The predicted molar refractivity (Wildman–Crippen MR) is 97.4 cm³/mol. The molecule has 2 amide bonds. The van der Waals surface area contributed by atoms with Gasteiger partial charge in [-0.15, -0.1) is 0 Å². The summed E-state index contributed by atoms with van der Waals surface area (Å²) in [6.45, 7) is 4.21. The fourth-order valence-corrected chi connectivity index (χ4v) is 2.71. The summed E-state index contributed by atoms with van der Waals surface area (Å²) in [6, 6.07) is 15.0. The van der Waals surface area contributed by atoms with Gasteiger partial charge in [-0.2, -0.15) is 0 Å². The second-order valence-corrected chi connectivity index (χ2v) is 5.98. The quantitative estimate of drug-likeness (QED) is 0.873. The summed E-state index contributed by atoms with van der Waals surface area (Å²) in [5, 5.41) is 3.37. The molecule has 126 valence electrons. The number of hydrogen-bond acceptors (Lipinski definition) is 2. The molecule has 24 heavy (non-hydrogen) atoms. The number of halogens is 1. The molecule has 0 radical (unpaired) electrons. The van der Waals surface area contributed by atoms with Crippen LogP contribution in [0, 0.1) is 6.92 Å². The van der Waals surface area contributed by atoms with Crippen molar-refractivity contribution in [1.82, 2.24) is 5.32 Å². The first-order valence-corrected chi connectivity index (χ1v) is 8.20. The molecule has 2 aromatic carbocycles. The Morgan fingerprint density at radius 3 is 2.42 bits per heavy atom. The fourth-order valence-electron chi connectivity index (χ4n) is 2.47. The maximum Gasteiger partial charge on any atom is 0.224 e. The van der Waals surface area contributed by atoms with Crippen LogP contribution in [0.2, 0.25) is 5.02 Å². The van der Waals surface area contributed by atoms with Gasteiger partial charge in [0.2, 0.25) is 11.8 Å². The summed E-state index contributed by atoms with van der Waals surface area (Å²) in [5.74, 6) is -0.178. The zero-order chi connectivity index (χ0) is 17.5. The standard InChI is InChI=1S/C19H21ClN2O2/c1-14-7-3-4-8-16(14)13-19(24)21-11-12-22(15(2)23)18-10-6-5-9-17(18)20/h3-10H,11-13H2,1-2H3,(H,21,24). The van der Waals surface area contributed by atoms with Crippen molar-refractivity contribution < 1.29 is 9.59 Å². The Balaban J connectivity index is 1.92. The van der Waals surface area contributed by atoms with Gasteiger partial charge in [-0.1, -0.05) is 48.0 Å². The number of hydrogen-bond donors (Lipinski definition) is 1. The summed E-state index contributed by atoms with van der Waals surface area (Å²) >= 11 is 6.15. The van der Waals surface area contributed by atoms with E-state index in [2.05, 4.69) is 5.32 Å². The molecule has 0 spiro atoms. The third-order valence-corrected chi connectivity index (χ3v) is 4.11. The third-order valence-electron chi connectivity index (χ3n) is 3.79. The lowest BCUT2D eigenvalue weighted by molar-refractivity contribution is -0.121. The molecule has 0 saturated heterocycles. The van der Waals surface area contributed by atoms with Crippen molar-refractivity contribution in [2.24, 2.45) is 0 Å². The van der Waals surface area contributed by atoms with Crippen LogP contribution in [0.25, 0.3) is 0 Å². The zero-order valence-electron chi connectivity index (χ0n) is 13.9. The number of nitrogens with one attached hydrogen (secondary N) is 1. The lowest BCUT2D eigenvalue weighted by Gasteiger charge is -2.22. The second-order valence-electron chi connectivity index (χ2n) is 5.58. The Morgan fingerprint density at radius 1 is 1.08 bits per heavy atom. The Morgan fingerprint density at radius 2 is 1.75 bits per heavy atom. The van der Waals surface area contributed by atoms with Crippen LogP contribution in [-0.2, 0) is 16.0 Å². The molecule has 0 aromatic heterocycles. The van der Waals surface area contributed by atoms with Crippen molar-refractivity contribution in [2.75, 3.05) is 18.0 Å². The molecule has 0 heterocycles. The van der Waals surface area contributed by atoms with Gasteiger partial charge in [0, 0.05) is 20.0 Å². The topological polar surface area (TPSA) is 49.4 Å². The number of carbonyl (C=O) groups excluding carboxylic acids is 2. The molecule has 0 atom stereocenters. The number of para-hydroxylation sites is 1. The third kappa shape index (κ3) is 4.83. The van der Waals surface area contributed by atoms with Crippen molar-refractivity contribution in [3.63, 3.8) is 0 Å². The van der Waals surface area contributed by atoms with E-state index >= 15 is 0 Å². The van der Waals surface area contributed by atoms with Crippen molar-refractivity contribution in [3.05, 3.63) is 64.7 Å². The number of anilines is 1. The average molecular weight is 345 g/mol. The highest BCUT2D eigenvalue weighted by atomic mass is 35.5. The van der Waals surface area contributed by atoms with Crippen LogP contribution in [0.5, 0.6) is 0 Å². The molecule has 0 aliphatic rings. The van der Waals surface area contributed by atoms with E-state index in [-0.39, 0.29) is 11.8 Å². The molecule has 0 saturated carbocycles. The van der Waals surface area contributed by atoms with Crippen LogP contribution in [0.4, 0.5) is 5.69 Å². The summed E-state index contributed by atoms with van der Waals surface area (Å²) in [4.78, 5) is 25.5. The van der Waals surface area contributed by atoms with E-state index in [1.165, 1.54) is 6.92 Å². The van der Waals surface area contributed by atoms with E-state index in [0.717, 1.165) is 11.1 Å². The van der Waals surface area contributed by atoms with Gasteiger partial charge in [0.15, 0.2) is 0 Å². The van der Waals surface area contributed by atoms with Gasteiger partial charge in [0.25, 0.3) is 0 Å². The molecule has 0 fully saturated rings. The highest BCUT2D eigenvalue weighted by Crippen LogP contribution is 2.24. The molecule has 0 bridgehead atoms. The number of rotatable bonds is 6. The van der Waals surface area contributed by atoms with Crippen molar-refractivity contribution >= 4 is 29.1 Å². The van der Waals surface area contributed by atoms with Gasteiger partial charge in [-0.25, -0.2) is 0 Å². The zero-order valence-corrected chi connectivity index (χ0v) is 14.6. The predicted octanol–water partition coefficient (Wildman–Crippen LogP) is 3.36. The van der Waals surface area contributed by atoms with Gasteiger partial charge in [-0.05, 0) is 30.2 Å². The van der Waals surface area contributed by atoms with Gasteiger partial charge in [0.1, 0.15) is 0 Å². The van der Waals surface area contributed by atoms with E-state index in [4.69, 9.17) is 11.6 Å². The molecule has 0 aliphatic heterocycles. The van der Waals surface area contributed by atoms with E-state index in [9.17, 15) is 9.59 Å². The first-order chi connectivity index (χ1) is 11.5. The molecule has 2 rings (SSSR count). The minimum Gasteiger partial charge on any atom is -0.354 e. The molecular weight excluding hydrogens is 324 g/mol. The normalized spacial score (nSPS) is 10.3. The monoisotopic (exact) mass is 344 g/mol. The van der Waals surface area contributed by atoms with Gasteiger partial charge >= 0.3 is 0 Å². The van der Waals surface area contributed by atoms with Crippen LogP contribution >= 0.6 is 11.6 Å². The number of nitrogens with zero attached hydrogens (tertiary/aromatic N) is 1. The summed E-state index contributed by atoms with van der Waals surface area (Å²) in [5.41, 5.74) is 2.75. The first kappa shape index (κ1) is 18.0. The molecule has 2 aromatic rings. The summed E-state index contributed by atoms with van der Waals surface area (Å²) < 4.78 is 0. The van der Waals surface area contributed by atoms with Gasteiger partial charge in [-0.3, -0.25) is 9.59 Å². The molecule has 1 N–H and O–H groups in total. The van der Waals surface area contributed by atoms with Crippen LogP contribution in [0.3, 0.4) is 0 Å². The lowest BCUT2D eigenvalue weighted by atomic mass is 10.1. The largest absolute Gasteiger partial charge is 0.354 e. The second kappa shape index (κ2) is 8.50. The van der Waals surface area contributed by atoms with Crippen molar-refractivity contribution in [3.8, 4) is 0 Å². The van der Waals surface area contributed by atoms with Crippen LogP contribution in [0.1, 0.15) is 18.1 Å². The van der Waals surface area contributed by atoms with E-state index in [1.54, 1.807) is 17.0 Å². The molecule has 0 aliphatic carbocycles. The minimum absolute atomic E-state index is 0.0630. The fraction of sp³-hybridized carbons (Fsp3) is 0.263. The number of amides is 2. The first-order valence-electron chi connectivity index (χ1n) is 7.83. The van der Waals surface area contributed by atoms with E-state index < -0.39 is 0 Å². The highest BCUT2D eigenvalue weighted by Gasteiger charge is 2.14. The van der Waals surface area contributed by atoms with E-state index in [1.807, 2.05) is 43.3 Å². The minimum atomic E-state index is -0.115. The van der Waals surface area contributed by atoms with Crippen molar-refractivity contribution in [1.29, 1.82) is 0 Å². The Labute approximate surface area is 147 Å².